The lowest BCUT2D eigenvalue weighted by atomic mass is 9.97. The van der Waals surface area contributed by atoms with Crippen molar-refractivity contribution < 1.29 is 55.7 Å². The summed E-state index contributed by atoms with van der Waals surface area (Å²) in [5, 5.41) is 14.2. The third kappa shape index (κ3) is 11.7. The molecular weight excluding hydrogens is 504 g/mol. The van der Waals surface area contributed by atoms with Crippen molar-refractivity contribution in [2.75, 3.05) is 33.8 Å². The van der Waals surface area contributed by atoms with Crippen LogP contribution >= 0.6 is 0 Å². The molecule has 1 aliphatic carbocycles. The maximum atomic E-state index is 11.8. The van der Waals surface area contributed by atoms with Crippen LogP contribution in [-0.4, -0.2) is 89.0 Å². The topological polar surface area (TPSA) is 120 Å². The fraction of sp³-hybridized carbons (Fsp3) is 0.619. The van der Waals surface area contributed by atoms with Crippen molar-refractivity contribution in [1.29, 1.82) is 0 Å². The van der Waals surface area contributed by atoms with Gasteiger partial charge in [-0.3, -0.25) is 14.7 Å². The summed E-state index contributed by atoms with van der Waals surface area (Å²) in [5.74, 6) is -4.57. The van der Waals surface area contributed by atoms with Gasteiger partial charge in [0.05, 0.1) is 13.2 Å². The lowest BCUT2D eigenvalue weighted by Gasteiger charge is -2.30. The van der Waals surface area contributed by atoms with Crippen molar-refractivity contribution >= 4 is 17.8 Å². The summed E-state index contributed by atoms with van der Waals surface area (Å²) >= 11 is 0. The number of carbonyl (C=O) groups excluding carboxylic acids is 1. The Hall–Kier alpha value is -2.94. The van der Waals surface area contributed by atoms with Crippen molar-refractivity contribution in [1.82, 2.24) is 14.8 Å². The highest BCUT2D eigenvalue weighted by Gasteiger charge is 2.38. The van der Waals surface area contributed by atoms with Gasteiger partial charge >= 0.3 is 24.3 Å². The molecule has 1 aromatic rings. The molecule has 3 rings (SSSR count). The van der Waals surface area contributed by atoms with E-state index in [2.05, 4.69) is 9.88 Å². The van der Waals surface area contributed by atoms with Gasteiger partial charge in [0.1, 0.15) is 0 Å². The SMILES string of the molecule is CN(C)C(=O)CN1CCc2c(COCC3CC3)cncc2C1.O=C(O)C(F)(F)F.O=C(O)C(F)(F)F. The third-order valence-corrected chi connectivity index (χ3v) is 4.96. The van der Waals surface area contributed by atoms with E-state index in [-0.39, 0.29) is 5.91 Å². The number of hydrogen-bond donors (Lipinski definition) is 2. The summed E-state index contributed by atoms with van der Waals surface area (Å²) in [7, 11) is 3.61. The summed E-state index contributed by atoms with van der Waals surface area (Å²) < 4.78 is 69.3. The molecule has 204 valence electrons. The van der Waals surface area contributed by atoms with Gasteiger partial charge in [-0.1, -0.05) is 0 Å². The predicted octanol–water partition coefficient (Wildman–Crippen LogP) is 2.72. The first-order chi connectivity index (χ1) is 16.5. The zero-order valence-corrected chi connectivity index (χ0v) is 19.5. The Labute approximate surface area is 202 Å². The molecule has 1 amide bonds. The average molecular weight is 531 g/mol. The zero-order valence-electron chi connectivity index (χ0n) is 19.5. The van der Waals surface area contributed by atoms with Crippen molar-refractivity contribution in [3.05, 3.63) is 29.1 Å². The minimum absolute atomic E-state index is 0.153. The van der Waals surface area contributed by atoms with Crippen LogP contribution in [0.3, 0.4) is 0 Å². The van der Waals surface area contributed by atoms with Crippen LogP contribution in [0.1, 0.15) is 29.5 Å². The van der Waals surface area contributed by atoms with Gasteiger partial charge in [0.15, 0.2) is 0 Å². The monoisotopic (exact) mass is 531 g/mol. The molecule has 0 saturated heterocycles. The van der Waals surface area contributed by atoms with Crippen molar-refractivity contribution in [3.8, 4) is 0 Å². The Morgan fingerprint density at radius 1 is 1.06 bits per heavy atom. The van der Waals surface area contributed by atoms with E-state index in [1.807, 2.05) is 12.4 Å². The Balaban J connectivity index is 0.000000383. The van der Waals surface area contributed by atoms with E-state index < -0.39 is 24.3 Å². The molecule has 0 unspecified atom stereocenters. The van der Waals surface area contributed by atoms with E-state index >= 15 is 0 Å². The normalized spacial score (nSPS) is 15.4. The maximum absolute atomic E-state index is 11.8. The quantitative estimate of drug-likeness (QED) is 0.538. The first kappa shape index (κ1) is 31.1. The van der Waals surface area contributed by atoms with Crippen LogP contribution < -0.4 is 0 Å². The second kappa shape index (κ2) is 13.4. The van der Waals surface area contributed by atoms with E-state index in [9.17, 15) is 31.1 Å². The minimum atomic E-state index is -5.08. The van der Waals surface area contributed by atoms with Gasteiger partial charge in [-0.15, -0.1) is 0 Å². The van der Waals surface area contributed by atoms with Crippen LogP contribution in [-0.2, 0) is 38.7 Å². The molecule has 2 N–H and O–H groups in total. The number of carboxylic acid groups (broad SMARTS) is 2. The number of alkyl halides is 6. The highest BCUT2D eigenvalue weighted by atomic mass is 19.4. The number of nitrogens with zero attached hydrogens (tertiary/aromatic N) is 3. The molecular formula is C21H27F6N3O6. The van der Waals surface area contributed by atoms with Crippen LogP contribution in [0.2, 0.25) is 0 Å². The molecule has 0 radical (unpaired) electrons. The summed E-state index contributed by atoms with van der Waals surface area (Å²) in [4.78, 5) is 37.8. The number of fused-ring (bicyclic) bond motifs is 1. The Morgan fingerprint density at radius 2 is 1.58 bits per heavy atom. The number of ether oxygens (including phenoxy) is 1. The molecule has 0 atom stereocenters. The number of hydrogen-bond acceptors (Lipinski definition) is 6. The largest absolute Gasteiger partial charge is 0.490 e. The summed E-state index contributed by atoms with van der Waals surface area (Å²) in [5.41, 5.74) is 3.83. The maximum Gasteiger partial charge on any atom is 0.490 e. The van der Waals surface area contributed by atoms with E-state index in [0.717, 1.165) is 32.0 Å². The molecule has 1 fully saturated rings. The fourth-order valence-corrected chi connectivity index (χ4v) is 2.84. The number of carboxylic acids is 2. The molecule has 15 heteroatoms. The van der Waals surface area contributed by atoms with E-state index in [4.69, 9.17) is 24.5 Å². The first-order valence-corrected chi connectivity index (χ1v) is 10.6. The van der Waals surface area contributed by atoms with Crippen LogP contribution in [0.4, 0.5) is 26.3 Å². The second-order valence-electron chi connectivity index (χ2n) is 8.25. The number of carbonyl (C=O) groups is 3. The highest BCUT2D eigenvalue weighted by Crippen LogP contribution is 2.29. The Bertz CT molecular complexity index is 879. The fourth-order valence-electron chi connectivity index (χ4n) is 2.84. The van der Waals surface area contributed by atoms with Crippen molar-refractivity contribution in [2.24, 2.45) is 5.92 Å². The lowest BCUT2D eigenvalue weighted by molar-refractivity contribution is -0.193. The van der Waals surface area contributed by atoms with Crippen LogP contribution in [0, 0.1) is 5.92 Å². The standard InChI is InChI=1S/C17H25N3O2.2C2HF3O2/c1-19(2)17(21)10-20-6-5-16-14(9-20)7-18-8-15(16)12-22-11-13-3-4-13;2*3-2(4,5)1(6)7/h7-8,13H,3-6,9-12H2,1-2H3;2*(H,6,7). The number of aromatic nitrogens is 1. The molecule has 0 bridgehead atoms. The number of aliphatic carboxylic acids is 2. The van der Waals surface area contributed by atoms with Crippen LogP contribution in [0.15, 0.2) is 12.4 Å². The van der Waals surface area contributed by atoms with E-state index in [1.165, 1.54) is 29.5 Å². The summed E-state index contributed by atoms with van der Waals surface area (Å²) in [6, 6.07) is 0. The Kier molecular flexibility index (Phi) is 11.6. The van der Waals surface area contributed by atoms with Gasteiger partial charge in [0.25, 0.3) is 0 Å². The molecule has 2 heterocycles. The number of rotatable bonds is 6. The van der Waals surface area contributed by atoms with Gasteiger partial charge in [-0.05, 0) is 41.9 Å². The molecule has 0 aromatic carbocycles. The highest BCUT2D eigenvalue weighted by molar-refractivity contribution is 5.77. The Morgan fingerprint density at radius 3 is 2.03 bits per heavy atom. The summed E-state index contributed by atoms with van der Waals surface area (Å²) in [6.45, 7) is 3.76. The van der Waals surface area contributed by atoms with E-state index in [1.54, 1.807) is 19.0 Å². The van der Waals surface area contributed by atoms with Gasteiger partial charge in [-0.25, -0.2) is 9.59 Å². The molecule has 9 nitrogen and oxygen atoms in total. The predicted molar refractivity (Wildman–Crippen MR) is 112 cm³/mol. The molecule has 1 aliphatic heterocycles. The van der Waals surface area contributed by atoms with Crippen LogP contribution in [0.25, 0.3) is 0 Å². The smallest absolute Gasteiger partial charge is 0.475 e. The number of amides is 1. The van der Waals surface area contributed by atoms with Gasteiger partial charge < -0.3 is 19.8 Å². The molecule has 0 spiro atoms. The van der Waals surface area contributed by atoms with Crippen molar-refractivity contribution in [2.45, 2.75) is 44.8 Å². The lowest BCUT2D eigenvalue weighted by Crippen LogP contribution is -2.39. The zero-order chi connectivity index (χ0) is 27.7. The second-order valence-corrected chi connectivity index (χ2v) is 8.25. The van der Waals surface area contributed by atoms with E-state index in [0.29, 0.717) is 13.2 Å². The number of pyridine rings is 1. The minimum Gasteiger partial charge on any atom is -0.475 e. The first-order valence-electron chi connectivity index (χ1n) is 10.6. The molecule has 36 heavy (non-hydrogen) atoms. The molecule has 1 aromatic heterocycles. The van der Waals surface area contributed by atoms with Gasteiger partial charge in [0, 0.05) is 46.2 Å². The van der Waals surface area contributed by atoms with Gasteiger partial charge in [0.2, 0.25) is 5.91 Å². The molecule has 2 aliphatic rings. The third-order valence-electron chi connectivity index (χ3n) is 4.96. The number of halogens is 6. The number of likely N-dealkylation sites (N-methyl/N-ethyl adjacent to an activating group) is 1. The van der Waals surface area contributed by atoms with Crippen LogP contribution in [0.5, 0.6) is 0 Å². The molecule has 1 saturated carbocycles. The average Bonchev–Trinajstić information content (AvgIpc) is 3.57. The summed E-state index contributed by atoms with van der Waals surface area (Å²) in [6.07, 6.45) is -2.68. The van der Waals surface area contributed by atoms with Crippen molar-refractivity contribution in [3.63, 3.8) is 0 Å². The van der Waals surface area contributed by atoms with Gasteiger partial charge in [-0.2, -0.15) is 26.3 Å².